The number of nitrogens with zero attached hydrogens (tertiary/aromatic N) is 3. The zero-order valence-corrected chi connectivity index (χ0v) is 12.2. The molecule has 0 unspecified atom stereocenters. The molecule has 0 atom stereocenters. The molecule has 0 spiro atoms. The largest absolute Gasteiger partial charge is 0.316 e. The summed E-state index contributed by atoms with van der Waals surface area (Å²) < 4.78 is 2.06. The molecule has 4 heteroatoms. The van der Waals surface area contributed by atoms with Crippen LogP contribution in [0.15, 0.2) is 0 Å². The van der Waals surface area contributed by atoms with E-state index in [0.717, 1.165) is 31.6 Å². The minimum atomic E-state index is -0.232. The van der Waals surface area contributed by atoms with Crippen LogP contribution in [0, 0.1) is 30.6 Å². The molecule has 1 N–H and O–H groups in total. The number of nitrogens with one attached hydrogen (secondary N) is 1. The second-order valence-corrected chi connectivity index (χ2v) is 5.50. The topological polar surface area (TPSA) is 53.6 Å². The van der Waals surface area contributed by atoms with Crippen LogP contribution in [0.2, 0.25) is 0 Å². The van der Waals surface area contributed by atoms with Crippen LogP contribution in [0.1, 0.15) is 43.6 Å². The highest BCUT2D eigenvalue weighted by atomic mass is 15.3. The van der Waals surface area contributed by atoms with Crippen molar-refractivity contribution >= 4 is 0 Å². The fraction of sp³-hybridized carbons (Fsp3) is 0.714. The standard InChI is InChI=1S/C14H24N4/c1-11-13(9-16-5)12(2)18(17-11)8-6-7-14(3,4)10-15/h16H,6-9H2,1-5H3. The molecule has 100 valence electrons. The third-order valence-electron chi connectivity index (χ3n) is 3.36. The number of hydrogen-bond donors (Lipinski definition) is 1. The molecule has 0 radical (unpaired) electrons. The summed E-state index contributed by atoms with van der Waals surface area (Å²) >= 11 is 0. The van der Waals surface area contributed by atoms with E-state index in [2.05, 4.69) is 35.0 Å². The van der Waals surface area contributed by atoms with E-state index in [-0.39, 0.29) is 5.41 Å². The van der Waals surface area contributed by atoms with Crippen LogP contribution < -0.4 is 5.32 Å². The lowest BCUT2D eigenvalue weighted by atomic mass is 9.90. The number of aromatic nitrogens is 2. The Morgan fingerprint density at radius 2 is 2.06 bits per heavy atom. The summed E-state index contributed by atoms with van der Waals surface area (Å²) in [4.78, 5) is 0. The maximum absolute atomic E-state index is 8.98. The van der Waals surface area contributed by atoms with E-state index >= 15 is 0 Å². The smallest absolute Gasteiger partial charge is 0.0683 e. The van der Waals surface area contributed by atoms with Crippen LogP contribution in [0.3, 0.4) is 0 Å². The number of hydrogen-bond acceptors (Lipinski definition) is 3. The van der Waals surface area contributed by atoms with Crippen molar-refractivity contribution in [1.82, 2.24) is 15.1 Å². The Hall–Kier alpha value is -1.34. The molecule has 0 aliphatic heterocycles. The van der Waals surface area contributed by atoms with Gasteiger partial charge < -0.3 is 5.32 Å². The molecule has 18 heavy (non-hydrogen) atoms. The minimum Gasteiger partial charge on any atom is -0.316 e. The van der Waals surface area contributed by atoms with Crippen LogP contribution in [0.5, 0.6) is 0 Å². The van der Waals surface area contributed by atoms with Gasteiger partial charge >= 0.3 is 0 Å². The van der Waals surface area contributed by atoms with Gasteiger partial charge in [0.1, 0.15) is 0 Å². The van der Waals surface area contributed by atoms with E-state index in [1.54, 1.807) is 0 Å². The fourth-order valence-electron chi connectivity index (χ4n) is 2.11. The normalized spacial score (nSPS) is 11.6. The van der Waals surface area contributed by atoms with Crippen LogP contribution in [-0.4, -0.2) is 16.8 Å². The highest BCUT2D eigenvalue weighted by molar-refractivity contribution is 5.24. The molecule has 0 saturated heterocycles. The average molecular weight is 248 g/mol. The van der Waals surface area contributed by atoms with Gasteiger partial charge in [0.05, 0.1) is 17.2 Å². The molecule has 0 aliphatic rings. The first-order chi connectivity index (χ1) is 8.41. The molecule has 0 bridgehead atoms. The lowest BCUT2D eigenvalue weighted by Gasteiger charge is -2.14. The minimum absolute atomic E-state index is 0.232. The Morgan fingerprint density at radius 1 is 1.39 bits per heavy atom. The summed E-state index contributed by atoms with van der Waals surface area (Å²) in [6.07, 6.45) is 1.89. The van der Waals surface area contributed by atoms with Crippen molar-refractivity contribution in [2.75, 3.05) is 7.05 Å². The first-order valence-corrected chi connectivity index (χ1v) is 6.50. The van der Waals surface area contributed by atoms with Gasteiger partial charge in [-0.05, 0) is 47.6 Å². The van der Waals surface area contributed by atoms with Gasteiger partial charge in [0.15, 0.2) is 0 Å². The van der Waals surface area contributed by atoms with Gasteiger partial charge in [0.2, 0.25) is 0 Å². The SMILES string of the molecule is CNCc1c(C)nn(CCCC(C)(C)C#N)c1C. The van der Waals surface area contributed by atoms with Gasteiger partial charge in [-0.25, -0.2) is 0 Å². The van der Waals surface area contributed by atoms with Gasteiger partial charge in [-0.3, -0.25) is 4.68 Å². The second kappa shape index (κ2) is 6.01. The maximum Gasteiger partial charge on any atom is 0.0683 e. The molecule has 4 nitrogen and oxygen atoms in total. The Morgan fingerprint density at radius 3 is 2.61 bits per heavy atom. The monoisotopic (exact) mass is 248 g/mol. The zero-order chi connectivity index (χ0) is 13.8. The van der Waals surface area contributed by atoms with Crippen LogP contribution in [0.4, 0.5) is 0 Å². The van der Waals surface area contributed by atoms with Crippen molar-refractivity contribution in [2.45, 2.75) is 53.6 Å². The van der Waals surface area contributed by atoms with Gasteiger partial charge in [-0.2, -0.15) is 10.4 Å². The van der Waals surface area contributed by atoms with Crippen molar-refractivity contribution < 1.29 is 0 Å². The summed E-state index contributed by atoms with van der Waals surface area (Å²) in [5.41, 5.74) is 3.39. The molecule has 0 saturated carbocycles. The average Bonchev–Trinajstić information content (AvgIpc) is 2.57. The number of nitriles is 1. The summed E-state index contributed by atoms with van der Waals surface area (Å²) in [5.74, 6) is 0. The highest BCUT2D eigenvalue weighted by Crippen LogP contribution is 2.21. The summed E-state index contributed by atoms with van der Waals surface area (Å²) in [6.45, 7) is 9.89. The first-order valence-electron chi connectivity index (χ1n) is 6.50. The molecular weight excluding hydrogens is 224 g/mol. The molecule has 0 amide bonds. The number of rotatable bonds is 6. The fourth-order valence-corrected chi connectivity index (χ4v) is 2.11. The van der Waals surface area contributed by atoms with E-state index in [9.17, 15) is 0 Å². The van der Waals surface area contributed by atoms with Crippen molar-refractivity contribution in [3.8, 4) is 6.07 Å². The van der Waals surface area contributed by atoms with E-state index in [4.69, 9.17) is 5.26 Å². The Bertz CT molecular complexity index is 437. The third kappa shape index (κ3) is 3.58. The third-order valence-corrected chi connectivity index (χ3v) is 3.36. The highest BCUT2D eigenvalue weighted by Gasteiger charge is 2.16. The summed E-state index contributed by atoms with van der Waals surface area (Å²) in [7, 11) is 1.95. The Kier molecular flexibility index (Phi) is 4.92. The van der Waals surface area contributed by atoms with Crippen LogP contribution >= 0.6 is 0 Å². The van der Waals surface area contributed by atoms with Crippen LogP contribution in [-0.2, 0) is 13.1 Å². The zero-order valence-electron chi connectivity index (χ0n) is 12.2. The van der Waals surface area contributed by atoms with E-state index in [0.29, 0.717) is 0 Å². The molecule has 0 aromatic carbocycles. The van der Waals surface area contributed by atoms with Gasteiger partial charge in [-0.1, -0.05) is 0 Å². The predicted octanol–water partition coefficient (Wildman–Crippen LogP) is 2.55. The van der Waals surface area contributed by atoms with Crippen LogP contribution in [0.25, 0.3) is 0 Å². The lowest BCUT2D eigenvalue weighted by molar-refractivity contribution is 0.404. The van der Waals surface area contributed by atoms with Crippen molar-refractivity contribution in [1.29, 1.82) is 5.26 Å². The van der Waals surface area contributed by atoms with E-state index in [1.807, 2.05) is 20.9 Å². The van der Waals surface area contributed by atoms with Gasteiger partial charge in [0, 0.05) is 24.3 Å². The molecule has 1 rings (SSSR count). The molecule has 0 aliphatic carbocycles. The second-order valence-electron chi connectivity index (χ2n) is 5.50. The summed E-state index contributed by atoms with van der Waals surface area (Å²) in [6, 6.07) is 2.34. The van der Waals surface area contributed by atoms with Crippen molar-refractivity contribution in [3.63, 3.8) is 0 Å². The van der Waals surface area contributed by atoms with Gasteiger partial charge in [0.25, 0.3) is 0 Å². The molecule has 0 fully saturated rings. The van der Waals surface area contributed by atoms with Gasteiger partial charge in [-0.15, -0.1) is 0 Å². The van der Waals surface area contributed by atoms with Crippen molar-refractivity contribution in [2.24, 2.45) is 5.41 Å². The Labute approximate surface area is 110 Å². The summed E-state index contributed by atoms with van der Waals surface area (Å²) in [5, 5.41) is 16.7. The van der Waals surface area contributed by atoms with E-state index in [1.165, 1.54) is 11.3 Å². The maximum atomic E-state index is 8.98. The quantitative estimate of drug-likeness (QED) is 0.841. The molecule has 1 heterocycles. The first kappa shape index (κ1) is 14.7. The number of aryl methyl sites for hydroxylation is 2. The van der Waals surface area contributed by atoms with E-state index < -0.39 is 0 Å². The van der Waals surface area contributed by atoms with Crippen molar-refractivity contribution in [3.05, 3.63) is 17.0 Å². The molecule has 1 aromatic heterocycles. The predicted molar refractivity (Wildman–Crippen MR) is 73.1 cm³/mol. The Balaban J connectivity index is 2.64. The molecular formula is C14H24N4. The molecule has 1 aromatic rings. The lowest BCUT2D eigenvalue weighted by Crippen LogP contribution is -2.11.